The highest BCUT2D eigenvalue weighted by Crippen LogP contribution is 2.13. The molecule has 4 heteroatoms. The van der Waals surface area contributed by atoms with Gasteiger partial charge in [0.05, 0.1) is 12.6 Å². The van der Waals surface area contributed by atoms with Crippen molar-refractivity contribution in [2.45, 2.75) is 24.8 Å². The number of amides is 1. The van der Waals surface area contributed by atoms with Crippen molar-refractivity contribution in [2.75, 3.05) is 6.61 Å². The third-order valence-corrected chi connectivity index (χ3v) is 2.85. The van der Waals surface area contributed by atoms with E-state index < -0.39 is 5.38 Å². The topological polar surface area (TPSA) is 49.3 Å². The highest BCUT2D eigenvalue weighted by Gasteiger charge is 2.18. The molecule has 2 atom stereocenters. The zero-order valence-electron chi connectivity index (χ0n) is 9.19. The quantitative estimate of drug-likeness (QED) is 0.773. The minimum absolute atomic E-state index is 0.136. The Morgan fingerprint density at radius 2 is 2.06 bits per heavy atom. The van der Waals surface area contributed by atoms with Gasteiger partial charge in [-0.1, -0.05) is 37.3 Å². The molecule has 0 saturated carbocycles. The van der Waals surface area contributed by atoms with Gasteiger partial charge in [-0.2, -0.15) is 0 Å². The van der Waals surface area contributed by atoms with E-state index >= 15 is 0 Å². The molecule has 1 rings (SSSR count). The molecule has 1 aromatic rings. The van der Waals surface area contributed by atoms with Crippen molar-refractivity contribution in [3.63, 3.8) is 0 Å². The predicted molar refractivity (Wildman–Crippen MR) is 64.3 cm³/mol. The van der Waals surface area contributed by atoms with E-state index in [1.165, 1.54) is 0 Å². The number of hydrogen-bond acceptors (Lipinski definition) is 2. The fourth-order valence-electron chi connectivity index (χ4n) is 1.37. The van der Waals surface area contributed by atoms with Gasteiger partial charge in [-0.05, 0) is 12.0 Å². The Labute approximate surface area is 100 Å². The maximum atomic E-state index is 11.6. The standard InChI is InChI=1S/C12H16ClNO2/c1-2-10(13)12(16)14-11(8-15)9-6-4-3-5-7-9/h3-7,10-11,15H,2,8H2,1H3,(H,14,16)/t10-,11+/m1/s1. The van der Waals surface area contributed by atoms with Crippen LogP contribution in [0, 0.1) is 0 Å². The number of carbonyl (C=O) groups is 1. The third kappa shape index (κ3) is 3.51. The zero-order chi connectivity index (χ0) is 12.0. The predicted octanol–water partition coefficient (Wildman–Crippen LogP) is 1.85. The number of benzene rings is 1. The van der Waals surface area contributed by atoms with Crippen molar-refractivity contribution in [1.29, 1.82) is 0 Å². The first-order valence-electron chi connectivity index (χ1n) is 5.29. The molecular weight excluding hydrogens is 226 g/mol. The van der Waals surface area contributed by atoms with Crippen LogP contribution in [0.25, 0.3) is 0 Å². The van der Waals surface area contributed by atoms with E-state index in [-0.39, 0.29) is 18.6 Å². The van der Waals surface area contributed by atoms with Gasteiger partial charge >= 0.3 is 0 Å². The van der Waals surface area contributed by atoms with Gasteiger partial charge in [0.15, 0.2) is 0 Å². The summed E-state index contributed by atoms with van der Waals surface area (Å²) in [6.07, 6.45) is 0.570. The van der Waals surface area contributed by atoms with E-state index in [2.05, 4.69) is 5.32 Å². The summed E-state index contributed by atoms with van der Waals surface area (Å²) >= 11 is 5.81. The van der Waals surface area contributed by atoms with E-state index in [4.69, 9.17) is 11.6 Å². The molecule has 0 radical (unpaired) electrons. The highest BCUT2D eigenvalue weighted by molar-refractivity contribution is 6.30. The van der Waals surface area contributed by atoms with E-state index in [0.717, 1.165) is 5.56 Å². The van der Waals surface area contributed by atoms with Crippen molar-refractivity contribution in [3.05, 3.63) is 35.9 Å². The summed E-state index contributed by atoms with van der Waals surface area (Å²) in [5.41, 5.74) is 0.873. The fourth-order valence-corrected chi connectivity index (χ4v) is 1.43. The lowest BCUT2D eigenvalue weighted by atomic mass is 10.1. The van der Waals surface area contributed by atoms with Crippen LogP contribution in [0.5, 0.6) is 0 Å². The molecule has 0 unspecified atom stereocenters. The summed E-state index contributed by atoms with van der Waals surface area (Å²) < 4.78 is 0. The van der Waals surface area contributed by atoms with Gasteiger partial charge in [0, 0.05) is 0 Å². The summed E-state index contributed by atoms with van der Waals surface area (Å²) in [6.45, 7) is 1.71. The summed E-state index contributed by atoms with van der Waals surface area (Å²) in [6, 6.07) is 8.94. The van der Waals surface area contributed by atoms with Crippen LogP contribution >= 0.6 is 11.6 Å². The Balaban J connectivity index is 2.66. The summed E-state index contributed by atoms with van der Waals surface area (Å²) in [5.74, 6) is -0.243. The highest BCUT2D eigenvalue weighted by atomic mass is 35.5. The average molecular weight is 242 g/mol. The van der Waals surface area contributed by atoms with Crippen LogP contribution in [0.2, 0.25) is 0 Å². The number of aliphatic hydroxyl groups excluding tert-OH is 1. The molecule has 2 N–H and O–H groups in total. The third-order valence-electron chi connectivity index (χ3n) is 2.34. The van der Waals surface area contributed by atoms with Crippen LogP contribution in [0.3, 0.4) is 0 Å². The lowest BCUT2D eigenvalue weighted by Crippen LogP contribution is -2.35. The monoisotopic (exact) mass is 241 g/mol. The molecule has 1 amide bonds. The Bertz CT molecular complexity index is 329. The Hall–Kier alpha value is -1.06. The number of rotatable bonds is 5. The molecule has 0 saturated heterocycles. The largest absolute Gasteiger partial charge is 0.394 e. The van der Waals surface area contributed by atoms with Crippen LogP contribution in [-0.4, -0.2) is 23.0 Å². The SMILES string of the molecule is CC[C@@H](Cl)C(=O)N[C@@H](CO)c1ccccc1. The molecule has 1 aromatic carbocycles. The normalized spacial score (nSPS) is 14.2. The fraction of sp³-hybridized carbons (Fsp3) is 0.417. The van der Waals surface area contributed by atoms with Crippen molar-refractivity contribution >= 4 is 17.5 Å². The van der Waals surface area contributed by atoms with E-state index in [1.807, 2.05) is 37.3 Å². The number of nitrogens with one attached hydrogen (secondary N) is 1. The summed E-state index contributed by atoms with van der Waals surface area (Å²) in [7, 11) is 0. The molecule has 0 aliphatic rings. The number of hydrogen-bond donors (Lipinski definition) is 2. The average Bonchev–Trinajstić information content (AvgIpc) is 2.35. The van der Waals surface area contributed by atoms with Crippen LogP contribution < -0.4 is 5.32 Å². The van der Waals surface area contributed by atoms with Gasteiger partial charge in [-0.3, -0.25) is 4.79 Å². The van der Waals surface area contributed by atoms with Gasteiger partial charge < -0.3 is 10.4 Å². The molecule has 0 aromatic heterocycles. The number of alkyl halides is 1. The molecule has 3 nitrogen and oxygen atoms in total. The van der Waals surface area contributed by atoms with E-state index in [9.17, 15) is 9.90 Å². The van der Waals surface area contributed by atoms with Gasteiger partial charge in [0.2, 0.25) is 5.91 Å². The second-order valence-electron chi connectivity index (χ2n) is 3.53. The summed E-state index contributed by atoms with van der Waals surface area (Å²) in [5, 5.41) is 11.4. The molecule has 0 spiro atoms. The van der Waals surface area contributed by atoms with Gasteiger partial charge in [-0.25, -0.2) is 0 Å². The lowest BCUT2D eigenvalue weighted by Gasteiger charge is -2.18. The Morgan fingerprint density at radius 1 is 1.44 bits per heavy atom. The van der Waals surface area contributed by atoms with Crippen LogP contribution in [-0.2, 0) is 4.79 Å². The molecular formula is C12H16ClNO2. The van der Waals surface area contributed by atoms with Gasteiger partial charge in [0.1, 0.15) is 5.38 Å². The maximum Gasteiger partial charge on any atom is 0.238 e. The molecule has 0 fully saturated rings. The van der Waals surface area contributed by atoms with Crippen molar-refractivity contribution < 1.29 is 9.90 Å². The van der Waals surface area contributed by atoms with Gasteiger partial charge in [0.25, 0.3) is 0 Å². The van der Waals surface area contributed by atoms with Gasteiger partial charge in [-0.15, -0.1) is 11.6 Å². The van der Waals surface area contributed by atoms with E-state index in [0.29, 0.717) is 6.42 Å². The van der Waals surface area contributed by atoms with Crippen LogP contribution in [0.4, 0.5) is 0 Å². The number of halogens is 1. The zero-order valence-corrected chi connectivity index (χ0v) is 9.95. The lowest BCUT2D eigenvalue weighted by molar-refractivity contribution is -0.121. The van der Waals surface area contributed by atoms with Crippen molar-refractivity contribution in [1.82, 2.24) is 5.32 Å². The number of carbonyl (C=O) groups excluding carboxylic acids is 1. The molecule has 0 aliphatic carbocycles. The first-order valence-corrected chi connectivity index (χ1v) is 5.73. The maximum absolute atomic E-state index is 11.6. The Kier molecular flexibility index (Phi) is 5.29. The van der Waals surface area contributed by atoms with Crippen LogP contribution in [0.15, 0.2) is 30.3 Å². The number of aliphatic hydroxyl groups is 1. The first kappa shape index (κ1) is 13.0. The first-order chi connectivity index (χ1) is 7.69. The van der Waals surface area contributed by atoms with Crippen LogP contribution in [0.1, 0.15) is 24.9 Å². The minimum Gasteiger partial charge on any atom is -0.394 e. The van der Waals surface area contributed by atoms with Crippen molar-refractivity contribution in [2.24, 2.45) is 0 Å². The second-order valence-corrected chi connectivity index (χ2v) is 4.06. The summed E-state index contributed by atoms with van der Waals surface area (Å²) in [4.78, 5) is 11.6. The molecule has 0 bridgehead atoms. The molecule has 0 heterocycles. The van der Waals surface area contributed by atoms with Crippen molar-refractivity contribution in [3.8, 4) is 0 Å². The minimum atomic E-state index is -0.544. The molecule has 88 valence electrons. The molecule has 16 heavy (non-hydrogen) atoms. The second kappa shape index (κ2) is 6.51. The van der Waals surface area contributed by atoms with E-state index in [1.54, 1.807) is 0 Å². The Morgan fingerprint density at radius 3 is 2.56 bits per heavy atom. The molecule has 0 aliphatic heterocycles. The smallest absolute Gasteiger partial charge is 0.238 e.